The number of guanidine groups is 1. The molecule has 1 saturated heterocycles. The fourth-order valence-electron chi connectivity index (χ4n) is 2.68. The Morgan fingerprint density at radius 3 is 2.78 bits per heavy atom. The molecule has 1 aliphatic heterocycles. The van der Waals surface area contributed by atoms with E-state index in [0.717, 1.165) is 5.69 Å². The standard InChI is InChI=1S/C17H29N5O4S/c1-4-18-17(20-10-14-9-15(12(2)3)22-26-14)19-7-5-16(23)21-13-6-8-27(24,25)11-13/h9,12-13H,4-8,10-11H2,1-3H3,(H,21,23)(H2,18,19,20). The van der Waals surface area contributed by atoms with Crippen molar-refractivity contribution in [3.05, 3.63) is 17.5 Å². The normalized spacial score (nSPS) is 19.3. The molecule has 1 aromatic rings. The van der Waals surface area contributed by atoms with Gasteiger partial charge in [-0.3, -0.25) is 4.79 Å². The van der Waals surface area contributed by atoms with Crippen LogP contribution in [0.15, 0.2) is 15.6 Å². The fraction of sp³-hybridized carbons (Fsp3) is 0.706. The summed E-state index contributed by atoms with van der Waals surface area (Å²) in [6, 6.07) is 1.62. The summed E-state index contributed by atoms with van der Waals surface area (Å²) in [4.78, 5) is 16.4. The van der Waals surface area contributed by atoms with E-state index in [2.05, 4.69) is 26.1 Å². The SMILES string of the molecule is CCNC(=NCc1cc(C(C)C)no1)NCCC(=O)NC1CCS(=O)(=O)C1. The van der Waals surface area contributed by atoms with E-state index in [4.69, 9.17) is 4.52 Å². The minimum Gasteiger partial charge on any atom is -0.359 e. The predicted octanol–water partition coefficient (Wildman–Crippen LogP) is 0.547. The molecule has 0 spiro atoms. The number of nitrogens with one attached hydrogen (secondary N) is 3. The molecule has 9 nitrogen and oxygen atoms in total. The zero-order valence-electron chi connectivity index (χ0n) is 16.1. The lowest BCUT2D eigenvalue weighted by Gasteiger charge is -2.13. The molecule has 152 valence electrons. The Kier molecular flexibility index (Phi) is 7.64. The Morgan fingerprint density at radius 1 is 1.41 bits per heavy atom. The summed E-state index contributed by atoms with van der Waals surface area (Å²) in [6.45, 7) is 7.47. The fourth-order valence-corrected chi connectivity index (χ4v) is 4.35. The summed E-state index contributed by atoms with van der Waals surface area (Å²) in [5.41, 5.74) is 0.892. The summed E-state index contributed by atoms with van der Waals surface area (Å²) in [6.07, 6.45) is 0.724. The maximum absolute atomic E-state index is 12.0. The van der Waals surface area contributed by atoms with Gasteiger partial charge < -0.3 is 20.5 Å². The highest BCUT2D eigenvalue weighted by Gasteiger charge is 2.28. The predicted molar refractivity (Wildman–Crippen MR) is 103 cm³/mol. The first-order valence-electron chi connectivity index (χ1n) is 9.26. The van der Waals surface area contributed by atoms with Crippen LogP contribution in [0.2, 0.25) is 0 Å². The van der Waals surface area contributed by atoms with Crippen LogP contribution in [0.3, 0.4) is 0 Å². The average molecular weight is 400 g/mol. The second kappa shape index (κ2) is 9.72. The molecule has 1 atom stereocenters. The number of carbonyl (C=O) groups excluding carboxylic acids is 1. The third-order valence-electron chi connectivity index (χ3n) is 4.15. The highest BCUT2D eigenvalue weighted by atomic mass is 32.2. The van der Waals surface area contributed by atoms with E-state index >= 15 is 0 Å². The van der Waals surface area contributed by atoms with Gasteiger partial charge in [-0.15, -0.1) is 0 Å². The second-order valence-electron chi connectivity index (χ2n) is 6.91. The van der Waals surface area contributed by atoms with Gasteiger partial charge >= 0.3 is 0 Å². The maximum atomic E-state index is 12.0. The van der Waals surface area contributed by atoms with E-state index in [1.807, 2.05) is 26.8 Å². The van der Waals surface area contributed by atoms with E-state index in [0.29, 0.717) is 43.7 Å². The number of rotatable bonds is 8. The van der Waals surface area contributed by atoms with Gasteiger partial charge in [-0.05, 0) is 19.3 Å². The van der Waals surface area contributed by atoms with Crippen LogP contribution in [0.4, 0.5) is 0 Å². The number of carbonyl (C=O) groups is 1. The minimum atomic E-state index is -2.99. The number of amides is 1. The van der Waals surface area contributed by atoms with Crippen LogP contribution in [0.1, 0.15) is 51.0 Å². The van der Waals surface area contributed by atoms with Gasteiger partial charge in [-0.1, -0.05) is 19.0 Å². The molecular formula is C17H29N5O4S. The molecule has 1 amide bonds. The largest absolute Gasteiger partial charge is 0.359 e. The van der Waals surface area contributed by atoms with Crippen LogP contribution in [0, 0.1) is 0 Å². The molecule has 2 heterocycles. The minimum absolute atomic E-state index is 0.0335. The number of nitrogens with zero attached hydrogens (tertiary/aromatic N) is 2. The number of sulfone groups is 1. The van der Waals surface area contributed by atoms with E-state index < -0.39 is 9.84 Å². The summed E-state index contributed by atoms with van der Waals surface area (Å²) < 4.78 is 28.1. The Labute approximate surface area is 160 Å². The number of aliphatic imine (C=N–C) groups is 1. The molecule has 0 saturated carbocycles. The zero-order valence-corrected chi connectivity index (χ0v) is 16.9. The third kappa shape index (κ3) is 7.20. The maximum Gasteiger partial charge on any atom is 0.222 e. The molecular weight excluding hydrogens is 370 g/mol. The van der Waals surface area contributed by atoms with Crippen LogP contribution >= 0.6 is 0 Å². The molecule has 0 bridgehead atoms. The molecule has 1 unspecified atom stereocenters. The quantitative estimate of drug-likeness (QED) is 0.430. The molecule has 27 heavy (non-hydrogen) atoms. The number of aromatic nitrogens is 1. The Balaban J connectivity index is 1.77. The molecule has 1 aliphatic rings. The monoisotopic (exact) mass is 399 g/mol. The molecule has 3 N–H and O–H groups in total. The highest BCUT2D eigenvalue weighted by Crippen LogP contribution is 2.14. The lowest BCUT2D eigenvalue weighted by molar-refractivity contribution is -0.121. The van der Waals surface area contributed by atoms with Gasteiger partial charge in [0, 0.05) is 31.6 Å². The lowest BCUT2D eigenvalue weighted by Crippen LogP contribution is -2.41. The van der Waals surface area contributed by atoms with E-state index in [-0.39, 0.29) is 29.9 Å². The van der Waals surface area contributed by atoms with Crippen molar-refractivity contribution < 1.29 is 17.7 Å². The average Bonchev–Trinajstić information content (AvgIpc) is 3.19. The van der Waals surface area contributed by atoms with Crippen molar-refractivity contribution in [1.29, 1.82) is 0 Å². The Morgan fingerprint density at radius 2 is 2.19 bits per heavy atom. The van der Waals surface area contributed by atoms with Crippen molar-refractivity contribution in [2.75, 3.05) is 24.6 Å². The van der Waals surface area contributed by atoms with Crippen LogP contribution < -0.4 is 16.0 Å². The Hall–Kier alpha value is -2.10. The topological polar surface area (TPSA) is 126 Å². The first-order valence-corrected chi connectivity index (χ1v) is 11.1. The van der Waals surface area contributed by atoms with Crippen LogP contribution in [0.5, 0.6) is 0 Å². The second-order valence-corrected chi connectivity index (χ2v) is 9.14. The summed E-state index contributed by atoms with van der Waals surface area (Å²) in [5.74, 6) is 1.56. The van der Waals surface area contributed by atoms with Gasteiger partial charge in [0.05, 0.1) is 17.2 Å². The van der Waals surface area contributed by atoms with Crippen LogP contribution in [-0.4, -0.2) is 56.1 Å². The first-order chi connectivity index (χ1) is 12.8. The van der Waals surface area contributed by atoms with E-state index in [9.17, 15) is 13.2 Å². The van der Waals surface area contributed by atoms with Gasteiger partial charge in [0.1, 0.15) is 6.54 Å². The summed E-state index contributed by atoms with van der Waals surface area (Å²) >= 11 is 0. The van der Waals surface area contributed by atoms with Crippen molar-refractivity contribution in [3.63, 3.8) is 0 Å². The van der Waals surface area contributed by atoms with Crippen molar-refractivity contribution in [2.24, 2.45) is 4.99 Å². The van der Waals surface area contributed by atoms with Crippen LogP contribution in [0.25, 0.3) is 0 Å². The van der Waals surface area contributed by atoms with Crippen molar-refractivity contribution in [1.82, 2.24) is 21.1 Å². The Bertz CT molecular complexity index is 757. The van der Waals surface area contributed by atoms with Crippen molar-refractivity contribution >= 4 is 21.7 Å². The molecule has 2 rings (SSSR count). The third-order valence-corrected chi connectivity index (χ3v) is 5.92. The summed E-state index contributed by atoms with van der Waals surface area (Å²) in [5, 5.41) is 13.0. The van der Waals surface area contributed by atoms with Crippen molar-refractivity contribution in [3.8, 4) is 0 Å². The molecule has 0 radical (unpaired) electrons. The van der Waals surface area contributed by atoms with Gasteiger partial charge in [0.15, 0.2) is 21.6 Å². The molecule has 1 aromatic heterocycles. The van der Waals surface area contributed by atoms with Gasteiger partial charge in [0.25, 0.3) is 0 Å². The zero-order chi connectivity index (χ0) is 19.9. The number of hydrogen-bond donors (Lipinski definition) is 3. The van der Waals surface area contributed by atoms with E-state index in [1.165, 1.54) is 0 Å². The smallest absolute Gasteiger partial charge is 0.222 e. The highest BCUT2D eigenvalue weighted by molar-refractivity contribution is 7.91. The van der Waals surface area contributed by atoms with E-state index in [1.54, 1.807) is 0 Å². The number of hydrogen-bond acceptors (Lipinski definition) is 6. The van der Waals surface area contributed by atoms with Gasteiger partial charge in [-0.25, -0.2) is 13.4 Å². The molecule has 0 aliphatic carbocycles. The molecule has 1 fully saturated rings. The summed E-state index contributed by atoms with van der Waals surface area (Å²) in [7, 11) is -2.99. The van der Waals surface area contributed by atoms with Crippen LogP contribution in [-0.2, 0) is 21.2 Å². The van der Waals surface area contributed by atoms with Gasteiger partial charge in [-0.2, -0.15) is 0 Å². The first kappa shape index (κ1) is 21.2. The van der Waals surface area contributed by atoms with Crippen molar-refractivity contribution in [2.45, 2.75) is 52.1 Å². The lowest BCUT2D eigenvalue weighted by atomic mass is 10.1. The molecule has 10 heteroatoms. The van der Waals surface area contributed by atoms with Gasteiger partial charge in [0.2, 0.25) is 5.91 Å². The molecule has 0 aromatic carbocycles.